The molecule has 1 heterocycles. The quantitative estimate of drug-likeness (QED) is 0.786. The number of hydrogen-bond acceptors (Lipinski definition) is 3. The first-order valence-electron chi connectivity index (χ1n) is 4.98. The van der Waals surface area contributed by atoms with Gasteiger partial charge in [-0.15, -0.1) is 0 Å². The molecule has 2 aromatic rings. The summed E-state index contributed by atoms with van der Waals surface area (Å²) in [5.41, 5.74) is 0.704. The van der Waals surface area contributed by atoms with Gasteiger partial charge in [-0.25, -0.2) is 0 Å². The summed E-state index contributed by atoms with van der Waals surface area (Å²) in [4.78, 5) is 0. The molecule has 17 heavy (non-hydrogen) atoms. The number of ether oxygens (including phenoxy) is 1. The minimum Gasteiger partial charge on any atom is -0.438 e. The van der Waals surface area contributed by atoms with Gasteiger partial charge in [0.15, 0.2) is 11.6 Å². The van der Waals surface area contributed by atoms with Crippen LogP contribution in [-0.2, 0) is 7.05 Å². The number of para-hydroxylation sites is 1. The molecule has 82 valence electrons. The molecule has 4 heteroatoms. The monoisotopic (exact) mass is 223 g/mol. The number of nitrogens with zero attached hydrogens (tertiary/aromatic N) is 3. The first-order chi connectivity index (χ1) is 8.26. The zero-order chi connectivity index (χ0) is 12.3. The predicted octanol–water partition coefficient (Wildman–Crippen LogP) is 2.56. The number of aromatic nitrogens is 1. The highest BCUT2D eigenvalue weighted by Crippen LogP contribution is 2.28. The van der Waals surface area contributed by atoms with Crippen molar-refractivity contribution in [3.63, 3.8) is 0 Å². The van der Waals surface area contributed by atoms with Crippen LogP contribution in [0.5, 0.6) is 11.6 Å². The molecule has 0 saturated heterocycles. The third-order valence-corrected chi connectivity index (χ3v) is 2.36. The topological polar surface area (TPSA) is 61.7 Å². The SMILES string of the molecule is Cn1cccc1Oc1c(C#N)cccc1C#N. The Balaban J connectivity index is 2.49. The minimum absolute atomic E-state index is 0.305. The summed E-state index contributed by atoms with van der Waals surface area (Å²) in [5, 5.41) is 18.0. The van der Waals surface area contributed by atoms with Gasteiger partial charge in [0.2, 0.25) is 0 Å². The van der Waals surface area contributed by atoms with E-state index in [9.17, 15) is 0 Å². The maximum atomic E-state index is 8.99. The first-order valence-corrected chi connectivity index (χ1v) is 4.98. The van der Waals surface area contributed by atoms with E-state index in [4.69, 9.17) is 15.3 Å². The van der Waals surface area contributed by atoms with Crippen LogP contribution in [0.25, 0.3) is 0 Å². The molecule has 0 amide bonds. The van der Waals surface area contributed by atoms with Gasteiger partial charge >= 0.3 is 0 Å². The smallest absolute Gasteiger partial charge is 0.199 e. The fraction of sp³-hybridized carbons (Fsp3) is 0.0769. The van der Waals surface area contributed by atoms with E-state index in [0.29, 0.717) is 22.8 Å². The Bertz CT molecular complexity index is 597. The summed E-state index contributed by atoms with van der Waals surface area (Å²) in [6.07, 6.45) is 1.83. The largest absolute Gasteiger partial charge is 0.438 e. The molecule has 4 nitrogen and oxygen atoms in total. The highest BCUT2D eigenvalue weighted by atomic mass is 16.5. The van der Waals surface area contributed by atoms with Crippen LogP contribution in [0.4, 0.5) is 0 Å². The van der Waals surface area contributed by atoms with Crippen LogP contribution in [-0.4, -0.2) is 4.57 Å². The summed E-state index contributed by atoms with van der Waals surface area (Å²) in [6.45, 7) is 0. The second kappa shape index (κ2) is 4.42. The normalized spacial score (nSPS) is 9.35. The second-order valence-electron chi connectivity index (χ2n) is 3.47. The Morgan fingerprint density at radius 1 is 1.06 bits per heavy atom. The van der Waals surface area contributed by atoms with Crippen LogP contribution in [0, 0.1) is 22.7 Å². The summed E-state index contributed by atoms with van der Waals surface area (Å²) in [5.74, 6) is 0.892. The van der Waals surface area contributed by atoms with Crippen molar-refractivity contribution in [2.24, 2.45) is 7.05 Å². The van der Waals surface area contributed by atoms with Gasteiger partial charge in [0.25, 0.3) is 0 Å². The molecule has 0 unspecified atom stereocenters. The van der Waals surface area contributed by atoms with E-state index in [1.54, 1.807) is 28.8 Å². The fourth-order valence-electron chi connectivity index (χ4n) is 1.48. The lowest BCUT2D eigenvalue weighted by atomic mass is 10.1. The fourth-order valence-corrected chi connectivity index (χ4v) is 1.48. The van der Waals surface area contributed by atoms with Crippen LogP contribution >= 0.6 is 0 Å². The molecule has 2 rings (SSSR count). The molecule has 1 aromatic carbocycles. The van der Waals surface area contributed by atoms with Crippen molar-refractivity contribution >= 4 is 0 Å². The van der Waals surface area contributed by atoms with Gasteiger partial charge < -0.3 is 9.30 Å². The van der Waals surface area contributed by atoms with Crippen molar-refractivity contribution in [3.8, 4) is 23.8 Å². The van der Waals surface area contributed by atoms with Crippen molar-refractivity contribution < 1.29 is 4.74 Å². The Morgan fingerprint density at radius 3 is 2.18 bits per heavy atom. The zero-order valence-corrected chi connectivity index (χ0v) is 9.21. The van der Waals surface area contributed by atoms with Gasteiger partial charge in [0.1, 0.15) is 12.1 Å². The summed E-state index contributed by atoms with van der Waals surface area (Å²) >= 11 is 0. The lowest BCUT2D eigenvalue weighted by Crippen LogP contribution is -1.96. The van der Waals surface area contributed by atoms with E-state index >= 15 is 0 Å². The molecule has 0 spiro atoms. The number of aryl methyl sites for hydroxylation is 1. The molecular weight excluding hydrogens is 214 g/mol. The third-order valence-electron chi connectivity index (χ3n) is 2.36. The van der Waals surface area contributed by atoms with Crippen molar-refractivity contribution in [3.05, 3.63) is 47.7 Å². The molecule has 0 aliphatic rings. The third kappa shape index (κ3) is 1.97. The number of hydrogen-bond donors (Lipinski definition) is 0. The number of rotatable bonds is 2. The molecule has 0 radical (unpaired) electrons. The standard InChI is InChI=1S/C13H9N3O/c1-16-7-3-6-12(16)17-13-10(8-14)4-2-5-11(13)9-15/h2-7H,1H3. The first kappa shape index (κ1) is 10.8. The van der Waals surface area contributed by atoms with E-state index in [0.717, 1.165) is 0 Å². The number of nitriles is 2. The maximum absolute atomic E-state index is 8.99. The van der Waals surface area contributed by atoms with Crippen molar-refractivity contribution in [2.45, 2.75) is 0 Å². The van der Waals surface area contributed by atoms with E-state index in [1.165, 1.54) is 0 Å². The predicted molar refractivity (Wildman–Crippen MR) is 61.4 cm³/mol. The lowest BCUT2D eigenvalue weighted by Gasteiger charge is -2.09. The summed E-state index contributed by atoms with van der Waals surface area (Å²) in [6, 6.07) is 12.5. The summed E-state index contributed by atoms with van der Waals surface area (Å²) in [7, 11) is 1.83. The van der Waals surface area contributed by atoms with E-state index in [1.807, 2.05) is 31.4 Å². The molecule has 0 saturated carbocycles. The Labute approximate surface area is 98.9 Å². The highest BCUT2D eigenvalue weighted by Gasteiger charge is 2.11. The molecule has 0 fully saturated rings. The zero-order valence-electron chi connectivity index (χ0n) is 9.21. The summed E-state index contributed by atoms with van der Waals surface area (Å²) < 4.78 is 7.38. The van der Waals surface area contributed by atoms with Crippen LogP contribution in [0.1, 0.15) is 11.1 Å². The van der Waals surface area contributed by atoms with Crippen molar-refractivity contribution in [1.82, 2.24) is 4.57 Å². The molecular formula is C13H9N3O. The lowest BCUT2D eigenvalue weighted by molar-refractivity contribution is 0.440. The van der Waals surface area contributed by atoms with E-state index < -0.39 is 0 Å². The van der Waals surface area contributed by atoms with Gasteiger partial charge in [-0.05, 0) is 18.2 Å². The van der Waals surface area contributed by atoms with E-state index in [2.05, 4.69) is 0 Å². The molecule has 0 aliphatic carbocycles. The highest BCUT2D eigenvalue weighted by molar-refractivity contribution is 5.54. The van der Waals surface area contributed by atoms with Gasteiger partial charge in [-0.3, -0.25) is 0 Å². The van der Waals surface area contributed by atoms with Crippen LogP contribution in [0.2, 0.25) is 0 Å². The molecule has 0 atom stereocenters. The Morgan fingerprint density at radius 2 is 1.71 bits per heavy atom. The van der Waals surface area contributed by atoms with Crippen LogP contribution in [0.3, 0.4) is 0 Å². The number of benzene rings is 1. The van der Waals surface area contributed by atoms with Gasteiger partial charge in [0, 0.05) is 19.3 Å². The molecule has 0 N–H and O–H groups in total. The van der Waals surface area contributed by atoms with Crippen LogP contribution < -0.4 is 4.74 Å². The van der Waals surface area contributed by atoms with Gasteiger partial charge in [0.05, 0.1) is 11.1 Å². The molecule has 1 aromatic heterocycles. The van der Waals surface area contributed by atoms with Gasteiger partial charge in [-0.2, -0.15) is 10.5 Å². The van der Waals surface area contributed by atoms with Crippen molar-refractivity contribution in [1.29, 1.82) is 10.5 Å². The molecule has 0 aliphatic heterocycles. The van der Waals surface area contributed by atoms with Crippen LogP contribution in [0.15, 0.2) is 36.5 Å². The average molecular weight is 223 g/mol. The van der Waals surface area contributed by atoms with E-state index in [-0.39, 0.29) is 0 Å². The minimum atomic E-state index is 0.305. The average Bonchev–Trinajstić information content (AvgIpc) is 2.75. The Hall–Kier alpha value is -2.72. The molecule has 0 bridgehead atoms. The maximum Gasteiger partial charge on any atom is 0.199 e. The van der Waals surface area contributed by atoms with Crippen molar-refractivity contribution in [2.75, 3.05) is 0 Å². The second-order valence-corrected chi connectivity index (χ2v) is 3.47. The van der Waals surface area contributed by atoms with Gasteiger partial charge in [-0.1, -0.05) is 6.07 Å². The Kier molecular flexibility index (Phi) is 2.81.